The lowest BCUT2D eigenvalue weighted by Crippen LogP contribution is -2.41. The minimum atomic E-state index is -0.416. The van der Waals surface area contributed by atoms with E-state index in [1.807, 2.05) is 32.0 Å². The van der Waals surface area contributed by atoms with Crippen LogP contribution in [-0.2, 0) is 7.05 Å². The molecule has 2 heterocycles. The van der Waals surface area contributed by atoms with Crippen molar-refractivity contribution in [1.29, 1.82) is 0 Å². The predicted octanol–water partition coefficient (Wildman–Crippen LogP) is 2.43. The van der Waals surface area contributed by atoms with Crippen molar-refractivity contribution < 1.29 is 14.3 Å². The highest BCUT2D eigenvalue weighted by molar-refractivity contribution is 5.94. The van der Waals surface area contributed by atoms with Gasteiger partial charge in [0.25, 0.3) is 5.91 Å². The molecule has 0 saturated carbocycles. The van der Waals surface area contributed by atoms with Gasteiger partial charge in [0.15, 0.2) is 0 Å². The summed E-state index contributed by atoms with van der Waals surface area (Å²) in [4.78, 5) is 24.1. The molecule has 25 heavy (non-hydrogen) atoms. The number of carbonyl (C=O) groups is 1. The average Bonchev–Trinajstić information content (AvgIpc) is 2.55. The molecule has 6 heteroatoms. The summed E-state index contributed by atoms with van der Waals surface area (Å²) in [5, 5.41) is 3.06. The number of nitrogens with one attached hydrogen (secondary N) is 1. The summed E-state index contributed by atoms with van der Waals surface area (Å²) in [6.45, 7) is 3.97. The van der Waals surface area contributed by atoms with Gasteiger partial charge in [-0.05, 0) is 32.0 Å². The van der Waals surface area contributed by atoms with Gasteiger partial charge in [-0.25, -0.2) is 0 Å². The van der Waals surface area contributed by atoms with Crippen molar-refractivity contribution in [3.63, 3.8) is 0 Å². The molecule has 1 atom stereocenters. The SMILES string of the molecule is COc1ccc2c(c1)OC(C)(C)C[C@H]2NC(=O)c1ccc(=O)n(C)c1. The molecule has 1 amide bonds. The number of amides is 1. The number of methoxy groups -OCH3 is 1. The highest BCUT2D eigenvalue weighted by atomic mass is 16.5. The predicted molar refractivity (Wildman–Crippen MR) is 94.2 cm³/mol. The van der Waals surface area contributed by atoms with Crippen LogP contribution in [0, 0.1) is 0 Å². The lowest BCUT2D eigenvalue weighted by molar-refractivity contribution is 0.0617. The summed E-state index contributed by atoms with van der Waals surface area (Å²) in [5.74, 6) is 1.20. The third kappa shape index (κ3) is 3.52. The van der Waals surface area contributed by atoms with E-state index in [0.717, 1.165) is 5.56 Å². The van der Waals surface area contributed by atoms with Crippen molar-refractivity contribution in [1.82, 2.24) is 9.88 Å². The number of hydrogen-bond acceptors (Lipinski definition) is 4. The monoisotopic (exact) mass is 342 g/mol. The third-order valence-corrected chi connectivity index (χ3v) is 4.33. The molecule has 0 spiro atoms. The van der Waals surface area contributed by atoms with Gasteiger partial charge in [-0.2, -0.15) is 0 Å². The number of rotatable bonds is 3. The molecular weight excluding hydrogens is 320 g/mol. The van der Waals surface area contributed by atoms with Crippen molar-refractivity contribution >= 4 is 5.91 Å². The van der Waals surface area contributed by atoms with Gasteiger partial charge in [0.1, 0.15) is 17.1 Å². The first-order valence-electron chi connectivity index (χ1n) is 8.13. The second-order valence-corrected chi connectivity index (χ2v) is 6.86. The lowest BCUT2D eigenvalue weighted by atomic mass is 9.89. The average molecular weight is 342 g/mol. The quantitative estimate of drug-likeness (QED) is 0.930. The van der Waals surface area contributed by atoms with Crippen LogP contribution in [0.4, 0.5) is 0 Å². The molecule has 132 valence electrons. The molecule has 0 aliphatic carbocycles. The van der Waals surface area contributed by atoms with Crippen LogP contribution in [0.15, 0.2) is 41.3 Å². The molecule has 0 radical (unpaired) electrons. The lowest BCUT2D eigenvalue weighted by Gasteiger charge is -2.38. The Hall–Kier alpha value is -2.76. The van der Waals surface area contributed by atoms with E-state index in [9.17, 15) is 9.59 Å². The Morgan fingerprint density at radius 2 is 2.08 bits per heavy atom. The van der Waals surface area contributed by atoms with Gasteiger partial charge in [-0.15, -0.1) is 0 Å². The number of aryl methyl sites for hydroxylation is 1. The Kier molecular flexibility index (Phi) is 4.29. The van der Waals surface area contributed by atoms with Crippen LogP contribution >= 0.6 is 0 Å². The zero-order valence-corrected chi connectivity index (χ0v) is 14.8. The number of benzene rings is 1. The summed E-state index contributed by atoms with van der Waals surface area (Å²) < 4.78 is 12.7. The van der Waals surface area contributed by atoms with E-state index in [2.05, 4.69) is 5.32 Å². The minimum Gasteiger partial charge on any atom is -0.497 e. The zero-order valence-electron chi connectivity index (χ0n) is 14.8. The molecule has 1 N–H and O–H groups in total. The van der Waals surface area contributed by atoms with E-state index in [1.165, 1.54) is 22.9 Å². The summed E-state index contributed by atoms with van der Waals surface area (Å²) in [6, 6.07) is 8.34. The topological polar surface area (TPSA) is 69.6 Å². The van der Waals surface area contributed by atoms with Gasteiger partial charge in [0.2, 0.25) is 5.56 Å². The second kappa shape index (κ2) is 6.27. The van der Waals surface area contributed by atoms with Crippen LogP contribution in [0.25, 0.3) is 0 Å². The first-order chi connectivity index (χ1) is 11.8. The fourth-order valence-electron chi connectivity index (χ4n) is 3.06. The second-order valence-electron chi connectivity index (χ2n) is 6.86. The molecule has 1 aromatic heterocycles. The van der Waals surface area contributed by atoms with Crippen LogP contribution in [-0.4, -0.2) is 23.2 Å². The van der Waals surface area contributed by atoms with E-state index in [1.54, 1.807) is 14.2 Å². The largest absolute Gasteiger partial charge is 0.497 e. The van der Waals surface area contributed by atoms with Crippen LogP contribution in [0.1, 0.15) is 42.2 Å². The molecule has 1 aromatic carbocycles. The van der Waals surface area contributed by atoms with Crippen molar-refractivity contribution in [3.8, 4) is 11.5 Å². The smallest absolute Gasteiger partial charge is 0.253 e. The standard InChI is InChI=1S/C19H22N2O4/c1-19(2)10-15(14-7-6-13(24-4)9-16(14)25-19)20-18(23)12-5-8-17(22)21(3)11-12/h5-9,11,15H,10H2,1-4H3,(H,20,23)/t15-/m1/s1. The number of nitrogens with zero attached hydrogens (tertiary/aromatic N) is 1. The molecule has 2 aromatic rings. The van der Waals surface area contributed by atoms with Gasteiger partial charge >= 0.3 is 0 Å². The van der Waals surface area contributed by atoms with Crippen molar-refractivity contribution in [2.75, 3.05) is 7.11 Å². The molecule has 0 unspecified atom stereocenters. The van der Waals surface area contributed by atoms with E-state index in [-0.39, 0.29) is 17.5 Å². The van der Waals surface area contributed by atoms with E-state index in [4.69, 9.17) is 9.47 Å². The van der Waals surface area contributed by atoms with Gasteiger partial charge in [-0.1, -0.05) is 0 Å². The number of pyridine rings is 1. The van der Waals surface area contributed by atoms with E-state index in [0.29, 0.717) is 23.5 Å². The van der Waals surface area contributed by atoms with Crippen LogP contribution in [0.3, 0.4) is 0 Å². The van der Waals surface area contributed by atoms with E-state index >= 15 is 0 Å². The Bertz CT molecular complexity index is 870. The van der Waals surface area contributed by atoms with Gasteiger partial charge in [0, 0.05) is 37.4 Å². The van der Waals surface area contributed by atoms with Crippen LogP contribution in [0.5, 0.6) is 11.5 Å². The van der Waals surface area contributed by atoms with Crippen molar-refractivity contribution in [3.05, 3.63) is 58.0 Å². The molecule has 6 nitrogen and oxygen atoms in total. The first-order valence-corrected chi connectivity index (χ1v) is 8.13. The normalized spacial score (nSPS) is 18.0. The van der Waals surface area contributed by atoms with Gasteiger partial charge in [-0.3, -0.25) is 9.59 Å². The van der Waals surface area contributed by atoms with Crippen molar-refractivity contribution in [2.45, 2.75) is 31.9 Å². The number of ether oxygens (including phenoxy) is 2. The van der Waals surface area contributed by atoms with E-state index < -0.39 is 5.60 Å². The number of carbonyl (C=O) groups excluding carboxylic acids is 1. The molecule has 0 bridgehead atoms. The van der Waals surface area contributed by atoms with Crippen LogP contribution in [0.2, 0.25) is 0 Å². The molecule has 0 saturated heterocycles. The number of hydrogen-bond donors (Lipinski definition) is 1. The molecule has 1 aliphatic rings. The molecule has 3 rings (SSSR count). The summed E-state index contributed by atoms with van der Waals surface area (Å²) >= 11 is 0. The first kappa shape index (κ1) is 17.1. The summed E-state index contributed by atoms with van der Waals surface area (Å²) in [6.07, 6.45) is 2.18. The fourth-order valence-corrected chi connectivity index (χ4v) is 3.06. The Labute approximate surface area is 146 Å². The number of fused-ring (bicyclic) bond motifs is 1. The summed E-state index contributed by atoms with van der Waals surface area (Å²) in [7, 11) is 3.23. The Morgan fingerprint density at radius 1 is 1.32 bits per heavy atom. The summed E-state index contributed by atoms with van der Waals surface area (Å²) in [5.41, 5.74) is 0.793. The van der Waals surface area contributed by atoms with Gasteiger partial charge < -0.3 is 19.4 Å². The maximum atomic E-state index is 12.6. The Balaban J connectivity index is 1.90. The molecular formula is C19H22N2O4. The van der Waals surface area contributed by atoms with Crippen LogP contribution < -0.4 is 20.3 Å². The number of aromatic nitrogens is 1. The zero-order chi connectivity index (χ0) is 18.2. The molecule has 0 fully saturated rings. The third-order valence-electron chi connectivity index (χ3n) is 4.33. The minimum absolute atomic E-state index is 0.152. The maximum Gasteiger partial charge on any atom is 0.253 e. The van der Waals surface area contributed by atoms with Crippen molar-refractivity contribution in [2.24, 2.45) is 7.05 Å². The highest BCUT2D eigenvalue weighted by Crippen LogP contribution is 2.41. The highest BCUT2D eigenvalue weighted by Gasteiger charge is 2.35. The fraction of sp³-hybridized carbons (Fsp3) is 0.368. The molecule has 1 aliphatic heterocycles. The van der Waals surface area contributed by atoms with Gasteiger partial charge in [0.05, 0.1) is 18.7 Å². The Morgan fingerprint density at radius 3 is 2.76 bits per heavy atom. The maximum absolute atomic E-state index is 12.6.